The molecule has 2 aromatic carbocycles. The third-order valence-corrected chi connectivity index (χ3v) is 3.86. The normalized spacial score (nSPS) is 12.0. The number of para-hydroxylation sites is 1. The fourth-order valence-electron chi connectivity index (χ4n) is 2.50. The minimum atomic E-state index is -0.364. The largest absolute Gasteiger partial charge is 0.496 e. The number of aryl methyl sites for hydroxylation is 1. The molecule has 0 radical (unpaired) electrons. The SMILES string of the molecule is CN=C(NCc1ccc(OC)c(C)c1)NCC(C)Oc1ccccc1F.I. The highest BCUT2D eigenvalue weighted by molar-refractivity contribution is 14.0. The molecule has 2 N–H and O–H groups in total. The molecule has 2 rings (SSSR count). The molecule has 0 aliphatic heterocycles. The van der Waals surface area contributed by atoms with Crippen LogP contribution in [-0.4, -0.2) is 32.8 Å². The van der Waals surface area contributed by atoms with Crippen molar-refractivity contribution in [2.45, 2.75) is 26.5 Å². The maximum Gasteiger partial charge on any atom is 0.191 e. The summed E-state index contributed by atoms with van der Waals surface area (Å²) < 4.78 is 24.5. The number of guanidine groups is 1. The van der Waals surface area contributed by atoms with Gasteiger partial charge in [-0.25, -0.2) is 4.39 Å². The zero-order valence-corrected chi connectivity index (χ0v) is 18.4. The molecule has 0 aliphatic rings. The lowest BCUT2D eigenvalue weighted by atomic mass is 10.1. The van der Waals surface area contributed by atoms with Crippen LogP contribution in [0, 0.1) is 12.7 Å². The first-order chi connectivity index (χ1) is 12.5. The number of methoxy groups -OCH3 is 1. The highest BCUT2D eigenvalue weighted by atomic mass is 127. The van der Waals surface area contributed by atoms with Crippen LogP contribution in [0.25, 0.3) is 0 Å². The molecule has 0 spiro atoms. The monoisotopic (exact) mass is 487 g/mol. The molecular formula is C20H27FIN3O2. The Bertz CT molecular complexity index is 756. The van der Waals surface area contributed by atoms with Crippen molar-refractivity contribution in [2.24, 2.45) is 4.99 Å². The Morgan fingerprint density at radius 2 is 1.89 bits per heavy atom. The molecule has 0 fully saturated rings. The smallest absolute Gasteiger partial charge is 0.191 e. The molecule has 0 bridgehead atoms. The lowest BCUT2D eigenvalue weighted by Gasteiger charge is -2.18. The predicted molar refractivity (Wildman–Crippen MR) is 118 cm³/mol. The third kappa shape index (κ3) is 7.24. The molecule has 1 unspecified atom stereocenters. The molecule has 27 heavy (non-hydrogen) atoms. The Labute approximate surface area is 177 Å². The van der Waals surface area contributed by atoms with Gasteiger partial charge in [0.1, 0.15) is 11.9 Å². The number of nitrogens with one attached hydrogen (secondary N) is 2. The fourth-order valence-corrected chi connectivity index (χ4v) is 2.50. The summed E-state index contributed by atoms with van der Waals surface area (Å²) in [6.07, 6.45) is -0.214. The van der Waals surface area contributed by atoms with Crippen molar-refractivity contribution in [3.05, 3.63) is 59.4 Å². The summed E-state index contributed by atoms with van der Waals surface area (Å²) in [6.45, 7) is 5.01. The fraction of sp³-hybridized carbons (Fsp3) is 0.350. The summed E-state index contributed by atoms with van der Waals surface area (Å²) in [7, 11) is 3.37. The van der Waals surface area contributed by atoms with Crippen molar-refractivity contribution in [1.82, 2.24) is 10.6 Å². The average molecular weight is 487 g/mol. The molecule has 0 saturated heterocycles. The van der Waals surface area contributed by atoms with E-state index >= 15 is 0 Å². The number of benzene rings is 2. The number of ether oxygens (including phenoxy) is 2. The van der Waals surface area contributed by atoms with Crippen molar-refractivity contribution in [3.8, 4) is 11.5 Å². The molecule has 0 amide bonds. The molecule has 1 atom stereocenters. The molecule has 0 heterocycles. The van der Waals surface area contributed by atoms with E-state index in [0.717, 1.165) is 16.9 Å². The zero-order valence-electron chi connectivity index (χ0n) is 16.1. The summed E-state index contributed by atoms with van der Waals surface area (Å²) in [4.78, 5) is 4.20. The minimum Gasteiger partial charge on any atom is -0.496 e. The van der Waals surface area contributed by atoms with Crippen LogP contribution < -0.4 is 20.1 Å². The first kappa shape index (κ1) is 23.0. The van der Waals surface area contributed by atoms with E-state index in [0.29, 0.717) is 19.0 Å². The Morgan fingerprint density at radius 3 is 2.52 bits per heavy atom. The predicted octanol–water partition coefficient (Wildman–Crippen LogP) is 3.89. The topological polar surface area (TPSA) is 54.9 Å². The number of hydrogen-bond acceptors (Lipinski definition) is 3. The number of rotatable bonds is 7. The second kappa shape index (κ2) is 11.6. The van der Waals surface area contributed by atoms with E-state index in [1.807, 2.05) is 26.0 Å². The average Bonchev–Trinajstić information content (AvgIpc) is 2.64. The molecule has 0 saturated carbocycles. The van der Waals surface area contributed by atoms with Crippen LogP contribution in [0.1, 0.15) is 18.1 Å². The van der Waals surface area contributed by atoms with Crippen molar-refractivity contribution in [3.63, 3.8) is 0 Å². The van der Waals surface area contributed by atoms with Gasteiger partial charge in [-0.3, -0.25) is 4.99 Å². The summed E-state index contributed by atoms with van der Waals surface area (Å²) in [5.41, 5.74) is 2.21. The van der Waals surface area contributed by atoms with E-state index in [4.69, 9.17) is 9.47 Å². The molecule has 7 heteroatoms. The summed E-state index contributed by atoms with van der Waals surface area (Å²) in [5.74, 6) is 1.41. The van der Waals surface area contributed by atoms with E-state index in [-0.39, 0.29) is 41.6 Å². The maximum absolute atomic E-state index is 13.6. The van der Waals surface area contributed by atoms with Crippen LogP contribution in [-0.2, 0) is 6.54 Å². The molecule has 148 valence electrons. The molecule has 0 aliphatic carbocycles. The minimum absolute atomic E-state index is 0. The van der Waals surface area contributed by atoms with Crippen LogP contribution in [0.5, 0.6) is 11.5 Å². The quantitative estimate of drug-likeness (QED) is 0.354. The van der Waals surface area contributed by atoms with Gasteiger partial charge in [0.05, 0.1) is 13.7 Å². The van der Waals surface area contributed by atoms with Crippen LogP contribution in [0.3, 0.4) is 0 Å². The second-order valence-electron chi connectivity index (χ2n) is 5.97. The molecule has 5 nitrogen and oxygen atoms in total. The second-order valence-corrected chi connectivity index (χ2v) is 5.97. The van der Waals surface area contributed by atoms with E-state index in [2.05, 4.69) is 21.7 Å². The first-order valence-corrected chi connectivity index (χ1v) is 8.52. The lowest BCUT2D eigenvalue weighted by Crippen LogP contribution is -2.41. The van der Waals surface area contributed by atoms with Crippen molar-refractivity contribution >= 4 is 29.9 Å². The van der Waals surface area contributed by atoms with Crippen LogP contribution >= 0.6 is 24.0 Å². The van der Waals surface area contributed by atoms with E-state index < -0.39 is 0 Å². The number of hydrogen-bond donors (Lipinski definition) is 2. The Kier molecular flexibility index (Phi) is 9.92. The summed E-state index contributed by atoms with van der Waals surface area (Å²) in [5, 5.41) is 6.43. The third-order valence-electron chi connectivity index (χ3n) is 3.86. The standard InChI is InChI=1S/C20H26FN3O2.HI/c1-14-11-16(9-10-18(14)25-4)13-24-20(22-3)23-12-15(2)26-19-8-6-5-7-17(19)21;/h5-11,15H,12-13H2,1-4H3,(H2,22,23,24);1H. The van der Waals surface area contributed by atoms with Gasteiger partial charge in [0.15, 0.2) is 17.5 Å². The van der Waals surface area contributed by atoms with Gasteiger partial charge in [-0.05, 0) is 43.2 Å². The van der Waals surface area contributed by atoms with Gasteiger partial charge in [-0.1, -0.05) is 24.3 Å². The number of halogens is 2. The molecular weight excluding hydrogens is 460 g/mol. The molecule has 0 aromatic heterocycles. The number of aliphatic imine (C=N–C) groups is 1. The van der Waals surface area contributed by atoms with E-state index in [1.54, 1.807) is 32.4 Å². The van der Waals surface area contributed by atoms with Crippen LogP contribution in [0.15, 0.2) is 47.5 Å². The van der Waals surface area contributed by atoms with Gasteiger partial charge in [0.25, 0.3) is 0 Å². The van der Waals surface area contributed by atoms with Crippen molar-refractivity contribution < 1.29 is 13.9 Å². The van der Waals surface area contributed by atoms with Gasteiger partial charge >= 0.3 is 0 Å². The Morgan fingerprint density at radius 1 is 1.15 bits per heavy atom. The van der Waals surface area contributed by atoms with Crippen molar-refractivity contribution in [2.75, 3.05) is 20.7 Å². The highest BCUT2D eigenvalue weighted by Crippen LogP contribution is 2.18. The highest BCUT2D eigenvalue weighted by Gasteiger charge is 2.09. The maximum atomic E-state index is 13.6. The van der Waals surface area contributed by atoms with Crippen molar-refractivity contribution in [1.29, 1.82) is 0 Å². The molecule has 2 aromatic rings. The summed E-state index contributed by atoms with van der Waals surface area (Å²) >= 11 is 0. The number of nitrogens with zero attached hydrogens (tertiary/aromatic N) is 1. The van der Waals surface area contributed by atoms with Gasteiger partial charge < -0.3 is 20.1 Å². The van der Waals surface area contributed by atoms with Gasteiger partial charge in [0, 0.05) is 13.6 Å². The lowest BCUT2D eigenvalue weighted by molar-refractivity contribution is 0.214. The first-order valence-electron chi connectivity index (χ1n) is 8.52. The zero-order chi connectivity index (χ0) is 18.9. The van der Waals surface area contributed by atoms with Gasteiger partial charge in [-0.2, -0.15) is 0 Å². The van der Waals surface area contributed by atoms with Crippen LogP contribution in [0.2, 0.25) is 0 Å². The van der Waals surface area contributed by atoms with Crippen LogP contribution in [0.4, 0.5) is 4.39 Å². The van der Waals surface area contributed by atoms with Gasteiger partial charge in [0.2, 0.25) is 0 Å². The Hall–Kier alpha value is -2.03. The summed E-state index contributed by atoms with van der Waals surface area (Å²) in [6, 6.07) is 12.4. The van der Waals surface area contributed by atoms with Gasteiger partial charge in [-0.15, -0.1) is 24.0 Å². The van der Waals surface area contributed by atoms with E-state index in [9.17, 15) is 4.39 Å². The Balaban J connectivity index is 0.00000364. The van der Waals surface area contributed by atoms with E-state index in [1.165, 1.54) is 6.07 Å².